The van der Waals surface area contributed by atoms with E-state index in [0.29, 0.717) is 6.54 Å². The number of aliphatic carboxylic acids is 1. The summed E-state index contributed by atoms with van der Waals surface area (Å²) >= 11 is 0. The number of carboxylic acids is 1. The molecule has 36 heavy (non-hydrogen) atoms. The van der Waals surface area contributed by atoms with Gasteiger partial charge in [-0.2, -0.15) is 0 Å². The lowest BCUT2D eigenvalue weighted by Crippen LogP contribution is -2.48. The Labute approximate surface area is 208 Å². The van der Waals surface area contributed by atoms with Gasteiger partial charge in [0.2, 0.25) is 5.91 Å². The van der Waals surface area contributed by atoms with Gasteiger partial charge in [0, 0.05) is 18.9 Å². The van der Waals surface area contributed by atoms with E-state index in [1.807, 2.05) is 30.3 Å². The monoisotopic (exact) mass is 497 g/mol. The number of carbonyl (C=O) groups excluding carboxylic acids is 2. The molecule has 6 N–H and O–H groups in total. The van der Waals surface area contributed by atoms with E-state index in [1.54, 1.807) is 6.92 Å². The summed E-state index contributed by atoms with van der Waals surface area (Å²) in [6.07, 6.45) is 2.22. The van der Waals surface area contributed by atoms with Crippen LogP contribution < -0.4 is 21.5 Å². The number of benzene rings is 1. The Bertz CT molecular complexity index is 1160. The predicted octanol–water partition coefficient (Wildman–Crippen LogP) is 0.984. The van der Waals surface area contributed by atoms with Gasteiger partial charge in [0.1, 0.15) is 6.04 Å². The second-order valence-electron chi connectivity index (χ2n) is 8.08. The molecule has 1 heterocycles. The second kappa shape index (κ2) is 13.6. The van der Waals surface area contributed by atoms with Gasteiger partial charge < -0.3 is 31.9 Å². The molecule has 0 saturated carbocycles. The van der Waals surface area contributed by atoms with Gasteiger partial charge in [-0.1, -0.05) is 37.3 Å². The van der Waals surface area contributed by atoms with E-state index in [0.717, 1.165) is 10.1 Å². The van der Waals surface area contributed by atoms with Crippen molar-refractivity contribution in [3.05, 3.63) is 58.6 Å². The molecule has 0 spiro atoms. The third-order valence-corrected chi connectivity index (χ3v) is 5.33. The number of rotatable bonds is 15. The lowest BCUT2D eigenvalue weighted by Gasteiger charge is -2.22. The lowest BCUT2D eigenvalue weighted by molar-refractivity contribution is -0.140. The Morgan fingerprint density at radius 1 is 1.14 bits per heavy atom. The maximum atomic E-state index is 13.0. The van der Waals surface area contributed by atoms with Gasteiger partial charge >= 0.3 is 5.97 Å². The molecule has 2 rings (SSSR count). The second-order valence-corrected chi connectivity index (χ2v) is 8.08. The van der Waals surface area contributed by atoms with Crippen LogP contribution in [0.2, 0.25) is 0 Å². The molecule has 0 bridgehead atoms. The van der Waals surface area contributed by atoms with Gasteiger partial charge in [0.25, 0.3) is 5.56 Å². The molecular formula is C24H31N7O5. The van der Waals surface area contributed by atoms with Crippen LogP contribution in [-0.2, 0) is 20.9 Å². The Morgan fingerprint density at radius 3 is 2.44 bits per heavy atom. The van der Waals surface area contributed by atoms with Crippen molar-refractivity contribution in [1.29, 1.82) is 10.8 Å². The number of nitrogens with zero attached hydrogens (tertiary/aromatic N) is 2. The highest BCUT2D eigenvalue weighted by molar-refractivity contribution is 6.40. The molecule has 0 aliphatic rings. The van der Waals surface area contributed by atoms with E-state index in [2.05, 4.69) is 20.9 Å². The van der Waals surface area contributed by atoms with Crippen molar-refractivity contribution in [3.63, 3.8) is 0 Å². The van der Waals surface area contributed by atoms with Gasteiger partial charge in [-0.15, -0.1) is 0 Å². The van der Waals surface area contributed by atoms with Gasteiger partial charge in [-0.3, -0.25) is 23.7 Å². The molecule has 192 valence electrons. The van der Waals surface area contributed by atoms with Crippen molar-refractivity contribution in [2.24, 2.45) is 0 Å². The number of aromatic nitrogens is 2. The van der Waals surface area contributed by atoms with E-state index in [4.69, 9.17) is 10.8 Å². The van der Waals surface area contributed by atoms with E-state index in [-0.39, 0.29) is 36.8 Å². The Kier molecular flexibility index (Phi) is 10.6. The minimum absolute atomic E-state index is 0.0210. The van der Waals surface area contributed by atoms with Crippen LogP contribution in [0.5, 0.6) is 0 Å². The Balaban J connectivity index is 2.12. The molecule has 1 unspecified atom stereocenters. The number of anilines is 1. The number of carboxylic acid groups (broad SMARTS) is 1. The molecule has 0 aliphatic heterocycles. The number of ketones is 1. The topological polar surface area (TPSA) is 190 Å². The predicted molar refractivity (Wildman–Crippen MR) is 135 cm³/mol. The van der Waals surface area contributed by atoms with Crippen molar-refractivity contribution in [1.82, 2.24) is 20.2 Å². The first-order valence-corrected chi connectivity index (χ1v) is 11.4. The fourth-order valence-electron chi connectivity index (χ4n) is 3.34. The fourth-order valence-corrected chi connectivity index (χ4v) is 3.34. The smallest absolute Gasteiger partial charge is 0.305 e. The molecule has 1 aromatic heterocycles. The van der Waals surface area contributed by atoms with Crippen LogP contribution in [0.3, 0.4) is 0 Å². The first kappa shape index (κ1) is 28.1. The average Bonchev–Trinajstić information content (AvgIpc) is 2.84. The molecule has 0 radical (unpaired) electrons. The van der Waals surface area contributed by atoms with Crippen molar-refractivity contribution in [2.75, 3.05) is 18.4 Å². The van der Waals surface area contributed by atoms with Crippen LogP contribution in [0, 0.1) is 10.8 Å². The van der Waals surface area contributed by atoms with Crippen molar-refractivity contribution >= 4 is 34.9 Å². The summed E-state index contributed by atoms with van der Waals surface area (Å²) in [4.78, 5) is 53.9. The van der Waals surface area contributed by atoms with Gasteiger partial charge in [0.05, 0.1) is 37.0 Å². The summed E-state index contributed by atoms with van der Waals surface area (Å²) in [5.74, 6) is -2.52. The molecule has 2 atom stereocenters. The molecular weight excluding hydrogens is 466 g/mol. The van der Waals surface area contributed by atoms with Crippen molar-refractivity contribution in [3.8, 4) is 0 Å². The summed E-state index contributed by atoms with van der Waals surface area (Å²) in [6.45, 7) is 3.29. The summed E-state index contributed by atoms with van der Waals surface area (Å²) in [6, 6.07) is 7.04. The van der Waals surface area contributed by atoms with Gasteiger partial charge in [0.15, 0.2) is 11.6 Å². The van der Waals surface area contributed by atoms with Crippen LogP contribution in [-0.4, -0.2) is 62.9 Å². The van der Waals surface area contributed by atoms with Gasteiger partial charge in [-0.25, -0.2) is 4.98 Å². The molecule has 12 nitrogen and oxygen atoms in total. The molecule has 12 heteroatoms. The Morgan fingerprint density at radius 2 is 1.83 bits per heavy atom. The van der Waals surface area contributed by atoms with E-state index in [1.165, 1.54) is 19.3 Å². The maximum absolute atomic E-state index is 13.0. The summed E-state index contributed by atoms with van der Waals surface area (Å²) < 4.78 is 1.14. The third-order valence-electron chi connectivity index (χ3n) is 5.33. The summed E-state index contributed by atoms with van der Waals surface area (Å²) in [5, 5.41) is 32.5. The van der Waals surface area contributed by atoms with Crippen molar-refractivity contribution in [2.45, 2.75) is 45.3 Å². The number of Topliss-reactive ketones (excluding diaryl/α,β-unsaturated/α-hetero) is 1. The number of carbonyl (C=O) groups is 3. The van der Waals surface area contributed by atoms with Crippen LogP contribution in [0.25, 0.3) is 0 Å². The minimum Gasteiger partial charge on any atom is -0.481 e. The third kappa shape index (κ3) is 8.24. The fraction of sp³-hybridized carbons (Fsp3) is 0.375. The highest BCUT2D eigenvalue weighted by atomic mass is 16.4. The molecule has 1 amide bonds. The van der Waals surface area contributed by atoms with Gasteiger partial charge in [-0.05, 0) is 18.9 Å². The number of amides is 1. The normalized spacial score (nSPS) is 12.3. The largest absolute Gasteiger partial charge is 0.481 e. The zero-order valence-corrected chi connectivity index (χ0v) is 20.2. The van der Waals surface area contributed by atoms with E-state index in [9.17, 15) is 24.3 Å². The average molecular weight is 498 g/mol. The zero-order valence-electron chi connectivity index (χ0n) is 20.2. The number of nitrogens with one attached hydrogen (secondary N) is 5. The molecule has 2 aromatic rings. The SMILES string of the molecule is CC[C@@H](C(=O)NC(CC(=O)O)C(=O)CNCc1ccccc1)n1ccnc(NCC(=N)C(C)=N)c1=O. The minimum atomic E-state index is -1.28. The Hall–Kier alpha value is -4.19. The van der Waals surface area contributed by atoms with Crippen LogP contribution in [0.4, 0.5) is 5.82 Å². The number of hydrogen-bond donors (Lipinski definition) is 6. The molecule has 0 fully saturated rings. The highest BCUT2D eigenvalue weighted by Crippen LogP contribution is 2.11. The standard InChI is InChI=1S/C24H31N7O5/c1-3-19(31-10-9-28-22(24(31)36)29-13-17(26)15(2)25)23(35)30-18(11-21(33)34)20(32)14-27-12-16-7-5-4-6-8-16/h4-10,18-19,25-27H,3,11-14H2,1-2H3,(H,28,29)(H,30,35)(H,33,34)/t18?,19-/m0/s1. The van der Waals surface area contributed by atoms with E-state index < -0.39 is 41.7 Å². The molecule has 0 saturated heterocycles. The molecule has 0 aliphatic carbocycles. The first-order chi connectivity index (χ1) is 17.1. The van der Waals surface area contributed by atoms with E-state index >= 15 is 0 Å². The first-order valence-electron chi connectivity index (χ1n) is 11.4. The highest BCUT2D eigenvalue weighted by Gasteiger charge is 2.28. The van der Waals surface area contributed by atoms with Crippen molar-refractivity contribution < 1.29 is 19.5 Å². The summed E-state index contributed by atoms with van der Waals surface area (Å²) in [5.41, 5.74) is 0.340. The van der Waals surface area contributed by atoms with Crippen LogP contribution in [0.15, 0.2) is 47.5 Å². The quantitative estimate of drug-likeness (QED) is 0.196. The maximum Gasteiger partial charge on any atom is 0.305 e. The summed E-state index contributed by atoms with van der Waals surface area (Å²) in [7, 11) is 0. The van der Waals surface area contributed by atoms with Crippen LogP contribution in [0.1, 0.15) is 38.3 Å². The lowest BCUT2D eigenvalue weighted by atomic mass is 10.1. The van der Waals surface area contributed by atoms with Crippen LogP contribution >= 0.6 is 0 Å². The zero-order chi connectivity index (χ0) is 26.7. The molecule has 1 aromatic carbocycles. The number of hydrogen-bond acceptors (Lipinski definition) is 9.